The molecule has 0 aliphatic carbocycles. The summed E-state index contributed by atoms with van der Waals surface area (Å²) in [4.78, 5) is 40.2. The highest BCUT2D eigenvalue weighted by Crippen LogP contribution is 2.14. The predicted octanol–water partition coefficient (Wildman–Crippen LogP) is 3.11. The molecular formula is C25H34N4O3. The van der Waals surface area contributed by atoms with Gasteiger partial charge in [-0.2, -0.15) is 0 Å². The van der Waals surface area contributed by atoms with Crippen molar-refractivity contribution < 1.29 is 14.4 Å². The third kappa shape index (κ3) is 7.41. The van der Waals surface area contributed by atoms with Crippen molar-refractivity contribution >= 4 is 23.5 Å². The largest absolute Gasteiger partial charge is 0.357 e. The number of hydrogen-bond acceptors (Lipinski definition) is 3. The molecule has 0 saturated heterocycles. The molecule has 0 saturated carbocycles. The Labute approximate surface area is 190 Å². The molecule has 0 bridgehead atoms. The van der Waals surface area contributed by atoms with Crippen LogP contribution in [0.15, 0.2) is 60.7 Å². The fourth-order valence-electron chi connectivity index (χ4n) is 3.49. The SMILES string of the molecule is CCN(C(=O)N[C@@H](Cc1ccccc1)C(=O)N[C@@H](CC(C)C)C(=O)NC)c1ccccc1. The summed E-state index contributed by atoms with van der Waals surface area (Å²) in [5.74, 6) is -0.426. The lowest BCUT2D eigenvalue weighted by Gasteiger charge is -2.27. The van der Waals surface area contributed by atoms with E-state index in [9.17, 15) is 14.4 Å². The van der Waals surface area contributed by atoms with Crippen LogP contribution in [0.4, 0.5) is 10.5 Å². The fraction of sp³-hybridized carbons (Fsp3) is 0.400. The van der Waals surface area contributed by atoms with Gasteiger partial charge in [0.1, 0.15) is 12.1 Å². The van der Waals surface area contributed by atoms with E-state index in [0.717, 1.165) is 11.3 Å². The van der Waals surface area contributed by atoms with Crippen molar-refractivity contribution in [1.29, 1.82) is 0 Å². The maximum atomic E-state index is 13.2. The normalized spacial score (nSPS) is 12.5. The van der Waals surface area contributed by atoms with E-state index in [1.807, 2.05) is 81.4 Å². The molecule has 0 aliphatic rings. The van der Waals surface area contributed by atoms with Gasteiger partial charge in [-0.1, -0.05) is 62.4 Å². The number of carbonyl (C=O) groups is 3. The summed E-state index contributed by atoms with van der Waals surface area (Å²) < 4.78 is 0. The van der Waals surface area contributed by atoms with E-state index in [-0.39, 0.29) is 23.8 Å². The summed E-state index contributed by atoms with van der Waals surface area (Å²) in [6.45, 7) is 6.31. The van der Waals surface area contributed by atoms with Crippen LogP contribution in [-0.4, -0.2) is 43.5 Å². The second-order valence-electron chi connectivity index (χ2n) is 8.08. The van der Waals surface area contributed by atoms with E-state index >= 15 is 0 Å². The monoisotopic (exact) mass is 438 g/mol. The highest BCUT2D eigenvalue weighted by Gasteiger charge is 2.28. The number of anilines is 1. The van der Waals surface area contributed by atoms with Gasteiger partial charge in [-0.05, 0) is 37.0 Å². The number of nitrogens with one attached hydrogen (secondary N) is 3. The summed E-state index contributed by atoms with van der Waals surface area (Å²) in [6.07, 6.45) is 0.815. The number of likely N-dealkylation sites (N-methyl/N-ethyl adjacent to an activating group) is 1. The molecule has 2 rings (SSSR count). The minimum atomic E-state index is -0.831. The van der Waals surface area contributed by atoms with E-state index in [1.165, 1.54) is 0 Å². The van der Waals surface area contributed by atoms with Crippen LogP contribution in [0, 0.1) is 5.92 Å². The summed E-state index contributed by atoms with van der Waals surface area (Å²) in [5, 5.41) is 8.32. The van der Waals surface area contributed by atoms with E-state index in [2.05, 4.69) is 16.0 Å². The maximum absolute atomic E-state index is 13.2. The Bertz CT molecular complexity index is 871. The Morgan fingerprint density at radius 3 is 1.97 bits per heavy atom. The smallest absolute Gasteiger partial charge is 0.322 e. The molecular weight excluding hydrogens is 404 g/mol. The first-order valence-electron chi connectivity index (χ1n) is 11.0. The van der Waals surface area contributed by atoms with Crippen molar-refractivity contribution in [3.63, 3.8) is 0 Å². The average Bonchev–Trinajstić information content (AvgIpc) is 2.79. The van der Waals surface area contributed by atoms with Gasteiger partial charge >= 0.3 is 6.03 Å². The second-order valence-corrected chi connectivity index (χ2v) is 8.08. The molecule has 2 aromatic rings. The highest BCUT2D eigenvalue weighted by molar-refractivity contribution is 5.96. The minimum absolute atomic E-state index is 0.216. The topological polar surface area (TPSA) is 90.5 Å². The quantitative estimate of drug-likeness (QED) is 0.532. The van der Waals surface area contributed by atoms with Crippen molar-refractivity contribution in [2.75, 3.05) is 18.5 Å². The minimum Gasteiger partial charge on any atom is -0.357 e. The van der Waals surface area contributed by atoms with Crippen molar-refractivity contribution in [2.45, 2.75) is 45.7 Å². The fourth-order valence-corrected chi connectivity index (χ4v) is 3.49. The highest BCUT2D eigenvalue weighted by atomic mass is 16.2. The number of urea groups is 1. The molecule has 3 N–H and O–H groups in total. The zero-order chi connectivity index (χ0) is 23.5. The molecule has 2 aromatic carbocycles. The molecule has 0 aliphatic heterocycles. The van der Waals surface area contributed by atoms with Crippen molar-refractivity contribution in [2.24, 2.45) is 5.92 Å². The van der Waals surface area contributed by atoms with Gasteiger partial charge in [0.2, 0.25) is 11.8 Å². The van der Waals surface area contributed by atoms with Crippen molar-refractivity contribution in [3.05, 3.63) is 66.2 Å². The van der Waals surface area contributed by atoms with Gasteiger partial charge in [0.05, 0.1) is 0 Å². The van der Waals surface area contributed by atoms with Crippen LogP contribution >= 0.6 is 0 Å². The van der Waals surface area contributed by atoms with Gasteiger partial charge in [-0.3, -0.25) is 14.5 Å². The van der Waals surface area contributed by atoms with Crippen LogP contribution in [0.3, 0.4) is 0 Å². The molecule has 2 atom stereocenters. The first kappa shape index (κ1) is 24.9. The van der Waals surface area contributed by atoms with Crippen LogP contribution in [0.2, 0.25) is 0 Å². The number of nitrogens with zero attached hydrogens (tertiary/aromatic N) is 1. The van der Waals surface area contributed by atoms with Crippen molar-refractivity contribution in [3.8, 4) is 0 Å². The molecule has 0 radical (unpaired) electrons. The standard InChI is InChI=1S/C25H34N4O3/c1-5-29(20-14-10-7-11-15-20)25(32)28-22(17-19-12-8-6-9-13-19)24(31)27-21(16-18(2)3)23(30)26-4/h6-15,18,21-22H,5,16-17H2,1-4H3,(H,26,30)(H,27,31)(H,28,32)/t21-,22-/m0/s1. The molecule has 7 heteroatoms. The summed E-state index contributed by atoms with van der Waals surface area (Å²) in [7, 11) is 1.55. The molecule has 0 heterocycles. The van der Waals surface area contributed by atoms with Crippen LogP contribution < -0.4 is 20.9 Å². The maximum Gasteiger partial charge on any atom is 0.322 e. The molecule has 172 valence electrons. The molecule has 4 amide bonds. The van der Waals surface area contributed by atoms with Gasteiger partial charge in [0.25, 0.3) is 0 Å². The Morgan fingerprint density at radius 1 is 0.844 bits per heavy atom. The van der Waals surface area contributed by atoms with E-state index < -0.39 is 12.1 Å². The molecule has 0 fully saturated rings. The van der Waals surface area contributed by atoms with Gasteiger partial charge in [0.15, 0.2) is 0 Å². The third-order valence-electron chi connectivity index (χ3n) is 5.11. The Hall–Kier alpha value is -3.35. The van der Waals surface area contributed by atoms with Crippen LogP contribution in [0.25, 0.3) is 0 Å². The number of para-hydroxylation sites is 1. The van der Waals surface area contributed by atoms with Crippen LogP contribution in [0.1, 0.15) is 32.8 Å². The van der Waals surface area contributed by atoms with Gasteiger partial charge < -0.3 is 16.0 Å². The second kappa shape index (κ2) is 12.5. The number of amides is 4. The summed E-state index contributed by atoms with van der Waals surface area (Å²) in [6, 6.07) is 16.9. The lowest BCUT2D eigenvalue weighted by atomic mass is 10.0. The van der Waals surface area contributed by atoms with Crippen LogP contribution in [-0.2, 0) is 16.0 Å². The van der Waals surface area contributed by atoms with E-state index in [0.29, 0.717) is 19.4 Å². The van der Waals surface area contributed by atoms with Crippen LogP contribution in [0.5, 0.6) is 0 Å². The zero-order valence-electron chi connectivity index (χ0n) is 19.3. The Kier molecular flexibility index (Phi) is 9.73. The number of benzene rings is 2. The zero-order valence-corrected chi connectivity index (χ0v) is 19.3. The number of carbonyl (C=O) groups excluding carboxylic acids is 3. The third-order valence-corrected chi connectivity index (χ3v) is 5.11. The van der Waals surface area contributed by atoms with E-state index in [1.54, 1.807) is 11.9 Å². The number of rotatable bonds is 10. The van der Waals surface area contributed by atoms with Gasteiger partial charge in [-0.25, -0.2) is 4.79 Å². The summed E-state index contributed by atoms with van der Waals surface area (Å²) >= 11 is 0. The Balaban J connectivity index is 2.23. The first-order chi connectivity index (χ1) is 15.3. The average molecular weight is 439 g/mol. The number of hydrogen-bond donors (Lipinski definition) is 3. The molecule has 32 heavy (non-hydrogen) atoms. The predicted molar refractivity (Wildman–Crippen MR) is 127 cm³/mol. The molecule has 0 spiro atoms. The lowest BCUT2D eigenvalue weighted by molar-refractivity contribution is -0.130. The Morgan fingerprint density at radius 2 is 1.44 bits per heavy atom. The van der Waals surface area contributed by atoms with E-state index in [4.69, 9.17) is 0 Å². The molecule has 0 aromatic heterocycles. The first-order valence-corrected chi connectivity index (χ1v) is 11.0. The van der Waals surface area contributed by atoms with Gasteiger partial charge in [0, 0.05) is 25.7 Å². The molecule has 0 unspecified atom stereocenters. The van der Waals surface area contributed by atoms with Crippen molar-refractivity contribution in [1.82, 2.24) is 16.0 Å². The molecule has 7 nitrogen and oxygen atoms in total. The summed E-state index contributed by atoms with van der Waals surface area (Å²) in [5.41, 5.74) is 1.66. The van der Waals surface area contributed by atoms with Gasteiger partial charge in [-0.15, -0.1) is 0 Å². The lowest BCUT2D eigenvalue weighted by Crippen LogP contribution is -2.56.